The molecule has 0 fully saturated rings. The number of hydrogen-bond acceptors (Lipinski definition) is 5. The predicted molar refractivity (Wildman–Crippen MR) is 104 cm³/mol. The fraction of sp³-hybridized carbons (Fsp3) is 0.316. The zero-order valence-electron chi connectivity index (χ0n) is 15.1. The first-order chi connectivity index (χ1) is 12.5. The molecule has 26 heavy (non-hydrogen) atoms. The van der Waals surface area contributed by atoms with Crippen LogP contribution in [-0.4, -0.2) is 47.5 Å². The second-order valence-corrected chi connectivity index (χ2v) is 6.81. The van der Waals surface area contributed by atoms with E-state index in [2.05, 4.69) is 9.97 Å². The van der Waals surface area contributed by atoms with Gasteiger partial charge in [-0.05, 0) is 31.5 Å². The van der Waals surface area contributed by atoms with Gasteiger partial charge < -0.3 is 9.80 Å². The number of anilines is 1. The molecule has 1 amide bonds. The van der Waals surface area contributed by atoms with Crippen molar-refractivity contribution in [1.29, 1.82) is 0 Å². The molecule has 3 rings (SSSR count). The van der Waals surface area contributed by atoms with Crippen molar-refractivity contribution < 1.29 is 9.18 Å². The van der Waals surface area contributed by atoms with Crippen molar-refractivity contribution in [3.05, 3.63) is 41.8 Å². The molecule has 7 heteroatoms. The van der Waals surface area contributed by atoms with Crippen LogP contribution in [0.1, 0.15) is 13.8 Å². The number of fused-ring (bicyclic) bond motifs is 1. The maximum absolute atomic E-state index is 13.3. The summed E-state index contributed by atoms with van der Waals surface area (Å²) < 4.78 is 13.3. The molecule has 0 aliphatic heterocycles. The maximum Gasteiger partial charge on any atom is 0.242 e. The number of rotatable bonds is 6. The number of nitrogens with zero attached hydrogens (tertiary/aromatic N) is 4. The van der Waals surface area contributed by atoms with Crippen LogP contribution in [0, 0.1) is 5.82 Å². The molecular formula is C19H21FN4OS. The highest BCUT2D eigenvalue weighted by atomic mass is 32.1. The summed E-state index contributed by atoms with van der Waals surface area (Å²) in [6, 6.07) is 6.37. The fourth-order valence-electron chi connectivity index (χ4n) is 2.94. The van der Waals surface area contributed by atoms with Crippen LogP contribution in [0.25, 0.3) is 21.3 Å². The lowest BCUT2D eigenvalue weighted by atomic mass is 10.1. The Kier molecular flexibility index (Phi) is 5.46. The highest BCUT2D eigenvalue weighted by Gasteiger charge is 2.19. The molecule has 0 saturated carbocycles. The Hall–Kier alpha value is -2.54. The van der Waals surface area contributed by atoms with Crippen LogP contribution >= 0.6 is 11.3 Å². The molecule has 0 saturated heterocycles. The fourth-order valence-corrected chi connectivity index (χ4v) is 3.86. The van der Waals surface area contributed by atoms with E-state index in [-0.39, 0.29) is 18.3 Å². The number of amides is 1. The molecule has 2 aromatic heterocycles. The number of hydrogen-bond donors (Lipinski definition) is 0. The summed E-state index contributed by atoms with van der Waals surface area (Å²) >= 11 is 1.51. The molecule has 0 bridgehead atoms. The van der Waals surface area contributed by atoms with E-state index >= 15 is 0 Å². The minimum absolute atomic E-state index is 0.0582. The zero-order chi connectivity index (χ0) is 18.7. The highest BCUT2D eigenvalue weighted by molar-refractivity contribution is 7.17. The average molecular weight is 372 g/mol. The van der Waals surface area contributed by atoms with E-state index < -0.39 is 0 Å². The molecule has 0 aliphatic rings. The number of benzene rings is 1. The summed E-state index contributed by atoms with van der Waals surface area (Å²) in [5.74, 6) is 0.491. The lowest BCUT2D eigenvalue weighted by Crippen LogP contribution is -2.39. The van der Waals surface area contributed by atoms with E-state index in [1.165, 1.54) is 29.8 Å². The quantitative estimate of drug-likeness (QED) is 0.660. The van der Waals surface area contributed by atoms with Gasteiger partial charge in [0.15, 0.2) is 0 Å². The average Bonchev–Trinajstić information content (AvgIpc) is 3.07. The number of thiophene rings is 1. The smallest absolute Gasteiger partial charge is 0.242 e. The van der Waals surface area contributed by atoms with Gasteiger partial charge in [0.2, 0.25) is 5.91 Å². The van der Waals surface area contributed by atoms with E-state index in [1.807, 2.05) is 31.2 Å². The standard InChI is InChI=1S/C19H21FN4OS/c1-4-24(5-2)16(25)10-23(3)18-17-15(11-26-19(17)22-12-21-18)13-6-8-14(20)9-7-13/h6-9,11-12H,4-5,10H2,1-3H3. The van der Waals surface area contributed by atoms with Gasteiger partial charge in [0.1, 0.15) is 22.8 Å². The van der Waals surface area contributed by atoms with Crippen molar-refractivity contribution in [2.75, 3.05) is 31.6 Å². The zero-order valence-corrected chi connectivity index (χ0v) is 15.9. The Morgan fingerprint density at radius 1 is 1.15 bits per heavy atom. The van der Waals surface area contributed by atoms with Gasteiger partial charge in [-0.2, -0.15) is 0 Å². The number of likely N-dealkylation sites (N-methyl/N-ethyl adjacent to an activating group) is 2. The molecule has 0 N–H and O–H groups in total. The highest BCUT2D eigenvalue weighted by Crippen LogP contribution is 2.37. The van der Waals surface area contributed by atoms with Gasteiger partial charge in [0.05, 0.1) is 11.9 Å². The van der Waals surface area contributed by atoms with E-state index in [9.17, 15) is 9.18 Å². The third-order valence-corrected chi connectivity index (χ3v) is 5.24. The van der Waals surface area contributed by atoms with Gasteiger partial charge in [0.25, 0.3) is 0 Å². The van der Waals surface area contributed by atoms with Crippen LogP contribution < -0.4 is 4.90 Å². The molecule has 5 nitrogen and oxygen atoms in total. The van der Waals surface area contributed by atoms with Crippen molar-refractivity contribution >= 4 is 33.3 Å². The first-order valence-electron chi connectivity index (χ1n) is 8.52. The van der Waals surface area contributed by atoms with Gasteiger partial charge in [-0.3, -0.25) is 4.79 Å². The third-order valence-electron chi connectivity index (χ3n) is 4.36. The van der Waals surface area contributed by atoms with Crippen molar-refractivity contribution in [2.45, 2.75) is 13.8 Å². The van der Waals surface area contributed by atoms with Gasteiger partial charge in [0, 0.05) is 31.1 Å². The second-order valence-electron chi connectivity index (χ2n) is 5.96. The van der Waals surface area contributed by atoms with E-state index in [4.69, 9.17) is 0 Å². The number of aromatic nitrogens is 2. The second kappa shape index (κ2) is 7.78. The number of carbonyl (C=O) groups excluding carboxylic acids is 1. The van der Waals surface area contributed by atoms with Gasteiger partial charge in [-0.1, -0.05) is 12.1 Å². The van der Waals surface area contributed by atoms with Crippen molar-refractivity contribution in [3.63, 3.8) is 0 Å². The minimum Gasteiger partial charge on any atom is -0.350 e. The van der Waals surface area contributed by atoms with Crippen LogP contribution in [0.3, 0.4) is 0 Å². The molecule has 0 radical (unpaired) electrons. The van der Waals surface area contributed by atoms with E-state index in [1.54, 1.807) is 17.0 Å². The van der Waals surface area contributed by atoms with Crippen molar-refractivity contribution in [1.82, 2.24) is 14.9 Å². The summed E-state index contributed by atoms with van der Waals surface area (Å²) in [6.07, 6.45) is 1.51. The maximum atomic E-state index is 13.3. The SMILES string of the molecule is CCN(CC)C(=O)CN(C)c1ncnc2scc(-c3ccc(F)cc3)c12. The Morgan fingerprint density at radius 2 is 1.85 bits per heavy atom. The molecule has 1 aromatic carbocycles. The molecule has 0 atom stereocenters. The Bertz CT molecular complexity index is 906. The molecule has 136 valence electrons. The molecule has 0 aliphatic carbocycles. The van der Waals surface area contributed by atoms with Crippen LogP contribution in [0.15, 0.2) is 36.0 Å². The third kappa shape index (κ3) is 3.53. The van der Waals surface area contributed by atoms with Crippen molar-refractivity contribution in [2.24, 2.45) is 0 Å². The lowest BCUT2D eigenvalue weighted by molar-refractivity contribution is -0.129. The Labute approximate surface area is 156 Å². The predicted octanol–water partition coefficient (Wildman–Crippen LogP) is 3.80. The van der Waals surface area contributed by atoms with Crippen LogP contribution in [0.4, 0.5) is 10.2 Å². The van der Waals surface area contributed by atoms with Gasteiger partial charge >= 0.3 is 0 Å². The van der Waals surface area contributed by atoms with Crippen molar-refractivity contribution in [3.8, 4) is 11.1 Å². The van der Waals surface area contributed by atoms with Crippen LogP contribution in [0.5, 0.6) is 0 Å². The van der Waals surface area contributed by atoms with Crippen LogP contribution in [-0.2, 0) is 4.79 Å². The summed E-state index contributed by atoms with van der Waals surface area (Å²) in [5.41, 5.74) is 1.85. The molecule has 3 aromatic rings. The molecular weight excluding hydrogens is 351 g/mol. The largest absolute Gasteiger partial charge is 0.350 e. The van der Waals surface area contributed by atoms with E-state index in [0.717, 1.165) is 21.3 Å². The monoisotopic (exact) mass is 372 g/mol. The Morgan fingerprint density at radius 3 is 2.50 bits per heavy atom. The normalized spacial score (nSPS) is 10.9. The summed E-state index contributed by atoms with van der Waals surface area (Å²) in [6.45, 7) is 5.54. The van der Waals surface area contributed by atoms with Gasteiger partial charge in [-0.25, -0.2) is 14.4 Å². The minimum atomic E-state index is -0.272. The number of carbonyl (C=O) groups is 1. The molecule has 0 spiro atoms. The number of halogens is 1. The Balaban J connectivity index is 1.99. The lowest BCUT2D eigenvalue weighted by Gasteiger charge is -2.24. The summed E-state index contributed by atoms with van der Waals surface area (Å²) in [7, 11) is 1.86. The van der Waals surface area contributed by atoms with E-state index in [0.29, 0.717) is 18.9 Å². The van der Waals surface area contributed by atoms with Gasteiger partial charge in [-0.15, -0.1) is 11.3 Å². The summed E-state index contributed by atoms with van der Waals surface area (Å²) in [4.78, 5) is 25.7. The molecule has 0 unspecified atom stereocenters. The first kappa shape index (κ1) is 18.3. The topological polar surface area (TPSA) is 49.3 Å². The summed E-state index contributed by atoms with van der Waals surface area (Å²) in [5, 5.41) is 2.88. The first-order valence-corrected chi connectivity index (χ1v) is 9.40. The van der Waals surface area contributed by atoms with Crippen LogP contribution in [0.2, 0.25) is 0 Å². The molecule has 2 heterocycles.